The summed E-state index contributed by atoms with van der Waals surface area (Å²) in [5.41, 5.74) is 1.08. The summed E-state index contributed by atoms with van der Waals surface area (Å²) in [6, 6.07) is 22.8. The van der Waals surface area contributed by atoms with E-state index in [-0.39, 0.29) is 11.7 Å². The van der Waals surface area contributed by atoms with Gasteiger partial charge in [0.15, 0.2) is 5.70 Å². The zero-order valence-corrected chi connectivity index (χ0v) is 17.9. The number of piperidine rings is 1. The van der Waals surface area contributed by atoms with Crippen molar-refractivity contribution in [1.82, 2.24) is 10.2 Å². The van der Waals surface area contributed by atoms with E-state index in [0.717, 1.165) is 29.2 Å². The van der Waals surface area contributed by atoms with Gasteiger partial charge in [-0.2, -0.15) is 0 Å². The van der Waals surface area contributed by atoms with Gasteiger partial charge >= 0.3 is 12.1 Å². The minimum Gasteiger partial charge on any atom is -0.410 e. The monoisotopic (exact) mass is 441 g/mol. The highest BCUT2D eigenvalue weighted by atomic mass is 16.6. The van der Waals surface area contributed by atoms with Crippen molar-refractivity contribution in [3.63, 3.8) is 0 Å². The molecular formula is C26H23N3O4. The number of amides is 1. The highest BCUT2D eigenvalue weighted by Crippen LogP contribution is 2.24. The molecule has 0 unspecified atom stereocenters. The fourth-order valence-corrected chi connectivity index (χ4v) is 4.06. The first-order valence-electron chi connectivity index (χ1n) is 10.9. The molecule has 2 aliphatic rings. The average molecular weight is 441 g/mol. The molecule has 33 heavy (non-hydrogen) atoms. The number of aliphatic imine (C=N–C) groups is 1. The number of hydrogen-bond donors (Lipinski definition) is 1. The lowest BCUT2D eigenvalue weighted by Crippen LogP contribution is -2.44. The van der Waals surface area contributed by atoms with E-state index in [0.29, 0.717) is 24.7 Å². The Kier molecular flexibility index (Phi) is 5.76. The fraction of sp³-hybridized carbons (Fsp3) is 0.192. The molecule has 0 spiro atoms. The molecule has 5 rings (SSSR count). The van der Waals surface area contributed by atoms with Gasteiger partial charge in [-0.25, -0.2) is 14.6 Å². The second-order valence-electron chi connectivity index (χ2n) is 8.00. The standard InChI is InChI=1S/C26H23N3O4/c30-25-23(28-24(33-25)22-12-6-8-18-7-4-5-11-21(18)22)17-29-15-13-19(14-16-29)27-26(31)32-20-9-2-1-3-10-20/h1-12,17,19H,13-16H2,(H,27,31). The van der Waals surface area contributed by atoms with Gasteiger partial charge in [0.2, 0.25) is 5.90 Å². The van der Waals surface area contributed by atoms with Gasteiger partial charge in [-0.15, -0.1) is 0 Å². The van der Waals surface area contributed by atoms with Crippen LogP contribution in [0.3, 0.4) is 0 Å². The predicted octanol–water partition coefficient (Wildman–Crippen LogP) is 4.24. The second kappa shape index (κ2) is 9.16. The quantitative estimate of drug-likeness (QED) is 0.484. The Bertz CT molecular complexity index is 1240. The summed E-state index contributed by atoms with van der Waals surface area (Å²) in [6.07, 6.45) is 2.77. The number of nitrogens with one attached hydrogen (secondary N) is 1. The molecule has 0 bridgehead atoms. The lowest BCUT2D eigenvalue weighted by atomic mass is 10.0. The Labute approximate surface area is 191 Å². The topological polar surface area (TPSA) is 80.2 Å². The van der Waals surface area contributed by atoms with Gasteiger partial charge in [-0.05, 0) is 41.8 Å². The Hall–Kier alpha value is -4.13. The number of hydrogen-bond acceptors (Lipinski definition) is 6. The molecule has 0 atom stereocenters. The largest absolute Gasteiger partial charge is 0.412 e. The van der Waals surface area contributed by atoms with Crippen LogP contribution in [-0.4, -0.2) is 42.0 Å². The van der Waals surface area contributed by atoms with Crippen LogP contribution in [0.5, 0.6) is 5.75 Å². The van der Waals surface area contributed by atoms with Crippen molar-refractivity contribution < 1.29 is 19.1 Å². The summed E-state index contributed by atoms with van der Waals surface area (Å²) in [5.74, 6) is 0.379. The molecule has 0 aliphatic carbocycles. The van der Waals surface area contributed by atoms with Gasteiger partial charge in [0.05, 0.1) is 0 Å². The summed E-state index contributed by atoms with van der Waals surface area (Å²) >= 11 is 0. The van der Waals surface area contributed by atoms with Crippen molar-refractivity contribution in [2.45, 2.75) is 18.9 Å². The van der Waals surface area contributed by atoms with Crippen molar-refractivity contribution in [1.29, 1.82) is 0 Å². The zero-order chi connectivity index (χ0) is 22.6. The molecule has 2 heterocycles. The van der Waals surface area contributed by atoms with Crippen molar-refractivity contribution in [2.24, 2.45) is 4.99 Å². The first kappa shape index (κ1) is 20.8. The lowest BCUT2D eigenvalue weighted by Gasteiger charge is -2.31. The van der Waals surface area contributed by atoms with E-state index in [1.54, 1.807) is 18.3 Å². The minimum absolute atomic E-state index is 0.0149. The highest BCUT2D eigenvalue weighted by Gasteiger charge is 2.27. The Balaban J connectivity index is 1.21. The lowest BCUT2D eigenvalue weighted by molar-refractivity contribution is -0.130. The van der Waals surface area contributed by atoms with E-state index in [2.05, 4.69) is 10.3 Å². The van der Waals surface area contributed by atoms with Crippen LogP contribution in [0.4, 0.5) is 4.79 Å². The molecule has 1 amide bonds. The number of esters is 1. The van der Waals surface area contributed by atoms with Gasteiger partial charge in [0.25, 0.3) is 0 Å². The molecule has 1 saturated heterocycles. The smallest absolute Gasteiger partial charge is 0.410 e. The van der Waals surface area contributed by atoms with E-state index >= 15 is 0 Å². The highest BCUT2D eigenvalue weighted by molar-refractivity contribution is 6.16. The molecule has 1 fully saturated rings. The predicted molar refractivity (Wildman–Crippen MR) is 125 cm³/mol. The van der Waals surface area contributed by atoms with Crippen molar-refractivity contribution in [2.75, 3.05) is 13.1 Å². The summed E-state index contributed by atoms with van der Waals surface area (Å²) in [6.45, 7) is 1.37. The molecule has 0 radical (unpaired) electrons. The van der Waals surface area contributed by atoms with Crippen LogP contribution in [0, 0.1) is 0 Å². The fourth-order valence-electron chi connectivity index (χ4n) is 4.06. The maximum atomic E-state index is 12.4. The number of likely N-dealkylation sites (tertiary alicyclic amines) is 1. The van der Waals surface area contributed by atoms with Gasteiger partial charge in [0.1, 0.15) is 5.75 Å². The molecule has 7 nitrogen and oxygen atoms in total. The molecule has 0 aromatic heterocycles. The first-order valence-corrected chi connectivity index (χ1v) is 10.9. The number of benzene rings is 3. The number of para-hydroxylation sites is 1. The van der Waals surface area contributed by atoms with Crippen molar-refractivity contribution in [3.05, 3.63) is 90.3 Å². The average Bonchev–Trinajstić information content (AvgIpc) is 3.20. The third-order valence-electron chi connectivity index (χ3n) is 5.75. The molecule has 7 heteroatoms. The molecular weight excluding hydrogens is 418 g/mol. The van der Waals surface area contributed by atoms with E-state index < -0.39 is 12.1 Å². The molecule has 3 aromatic carbocycles. The number of rotatable bonds is 4. The number of ether oxygens (including phenoxy) is 2. The van der Waals surface area contributed by atoms with Gasteiger partial charge in [-0.1, -0.05) is 54.6 Å². The summed E-state index contributed by atoms with van der Waals surface area (Å²) in [5, 5.41) is 4.96. The molecule has 1 N–H and O–H groups in total. The Morgan fingerprint density at radius 3 is 2.55 bits per heavy atom. The van der Waals surface area contributed by atoms with Gasteiger partial charge in [-0.3, -0.25) is 0 Å². The van der Waals surface area contributed by atoms with Crippen LogP contribution >= 0.6 is 0 Å². The Morgan fingerprint density at radius 1 is 1.00 bits per heavy atom. The zero-order valence-electron chi connectivity index (χ0n) is 17.9. The van der Waals surface area contributed by atoms with Gasteiger partial charge < -0.3 is 19.7 Å². The van der Waals surface area contributed by atoms with Crippen LogP contribution < -0.4 is 10.1 Å². The normalized spacial score (nSPS) is 17.7. The molecule has 2 aliphatic heterocycles. The first-order chi connectivity index (χ1) is 16.2. The number of carbonyl (C=O) groups is 2. The molecule has 166 valence electrons. The summed E-state index contributed by atoms with van der Waals surface area (Å²) < 4.78 is 10.8. The number of nitrogens with zero attached hydrogens (tertiary/aromatic N) is 2. The number of fused-ring (bicyclic) bond motifs is 1. The molecule has 0 saturated carbocycles. The van der Waals surface area contributed by atoms with Gasteiger partial charge in [0, 0.05) is 30.9 Å². The van der Waals surface area contributed by atoms with Crippen molar-refractivity contribution >= 4 is 28.7 Å². The third kappa shape index (κ3) is 4.72. The third-order valence-corrected chi connectivity index (χ3v) is 5.75. The maximum absolute atomic E-state index is 12.4. The summed E-state index contributed by atoms with van der Waals surface area (Å²) in [4.78, 5) is 31.1. The van der Waals surface area contributed by atoms with E-state index in [1.807, 2.05) is 65.6 Å². The van der Waals surface area contributed by atoms with E-state index in [4.69, 9.17) is 9.47 Å². The van der Waals surface area contributed by atoms with Crippen molar-refractivity contribution in [3.8, 4) is 5.75 Å². The van der Waals surface area contributed by atoms with Crippen LogP contribution in [-0.2, 0) is 9.53 Å². The van der Waals surface area contributed by atoms with Crippen LogP contribution in [0.2, 0.25) is 0 Å². The van der Waals surface area contributed by atoms with E-state index in [9.17, 15) is 9.59 Å². The second-order valence-corrected chi connectivity index (χ2v) is 8.00. The van der Waals surface area contributed by atoms with Crippen LogP contribution in [0.25, 0.3) is 10.8 Å². The maximum Gasteiger partial charge on any atom is 0.412 e. The van der Waals surface area contributed by atoms with Crippen LogP contribution in [0.15, 0.2) is 89.7 Å². The summed E-state index contributed by atoms with van der Waals surface area (Å²) in [7, 11) is 0. The SMILES string of the molecule is O=C(NC1CCN(C=C2N=C(c3cccc4ccccc34)OC2=O)CC1)Oc1ccccc1. The number of cyclic esters (lactones) is 1. The Morgan fingerprint density at radius 2 is 1.73 bits per heavy atom. The number of carbonyl (C=O) groups excluding carboxylic acids is 2. The minimum atomic E-state index is -0.457. The molecule has 3 aromatic rings. The van der Waals surface area contributed by atoms with Crippen LogP contribution in [0.1, 0.15) is 18.4 Å². The van der Waals surface area contributed by atoms with E-state index in [1.165, 1.54) is 0 Å².